The summed E-state index contributed by atoms with van der Waals surface area (Å²) in [4.78, 5) is 20.2. The molecule has 1 heterocycles. The quantitative estimate of drug-likeness (QED) is 0.662. The molecule has 0 unspecified atom stereocenters. The Morgan fingerprint density at radius 3 is 2.26 bits per heavy atom. The van der Waals surface area contributed by atoms with Gasteiger partial charge < -0.3 is 10.6 Å². The lowest BCUT2D eigenvalue weighted by atomic mass is 10.1. The minimum absolute atomic E-state index is 0.0467. The number of nitrogens with one attached hydrogen (secondary N) is 2. The molecule has 3 aromatic rings. The molecule has 0 spiro atoms. The number of aryl methyl sites for hydroxylation is 2. The predicted molar refractivity (Wildman–Crippen MR) is 95.5 cm³/mol. The molecule has 0 bridgehead atoms. The Labute approximate surface area is 153 Å². The third-order valence-corrected chi connectivity index (χ3v) is 3.66. The Morgan fingerprint density at radius 2 is 1.63 bits per heavy atom. The van der Waals surface area contributed by atoms with Gasteiger partial charge in [0.15, 0.2) is 17.5 Å². The van der Waals surface area contributed by atoms with Crippen LogP contribution in [0, 0.1) is 31.3 Å². The average Bonchev–Trinajstić information content (AvgIpc) is 2.62. The van der Waals surface area contributed by atoms with Crippen molar-refractivity contribution in [2.24, 2.45) is 0 Å². The number of hydrogen-bond donors (Lipinski definition) is 2. The molecule has 2 aromatic carbocycles. The molecule has 0 saturated heterocycles. The van der Waals surface area contributed by atoms with E-state index >= 15 is 0 Å². The maximum Gasteiger partial charge on any atom is 0.275 e. The van der Waals surface area contributed by atoms with E-state index in [-0.39, 0.29) is 17.2 Å². The highest BCUT2D eigenvalue weighted by molar-refractivity contribution is 6.02. The number of amides is 1. The van der Waals surface area contributed by atoms with Crippen LogP contribution in [0.5, 0.6) is 0 Å². The van der Waals surface area contributed by atoms with Gasteiger partial charge in [-0.3, -0.25) is 4.79 Å². The van der Waals surface area contributed by atoms with E-state index in [2.05, 4.69) is 20.6 Å². The molecule has 0 fully saturated rings. The van der Waals surface area contributed by atoms with Gasteiger partial charge in [0.05, 0.1) is 18.1 Å². The molecule has 0 aliphatic rings. The lowest BCUT2D eigenvalue weighted by Crippen LogP contribution is -2.14. The number of benzene rings is 2. The van der Waals surface area contributed by atoms with Crippen molar-refractivity contribution in [3.8, 4) is 0 Å². The van der Waals surface area contributed by atoms with Crippen LogP contribution in [0.1, 0.15) is 21.6 Å². The summed E-state index contributed by atoms with van der Waals surface area (Å²) < 4.78 is 39.9. The first kappa shape index (κ1) is 18.4. The van der Waals surface area contributed by atoms with Crippen LogP contribution in [0.15, 0.2) is 42.7 Å². The zero-order valence-electron chi connectivity index (χ0n) is 14.5. The minimum atomic E-state index is -1.59. The molecule has 0 radical (unpaired) electrons. The van der Waals surface area contributed by atoms with Crippen LogP contribution in [0.2, 0.25) is 0 Å². The van der Waals surface area contributed by atoms with Gasteiger partial charge in [0.25, 0.3) is 5.91 Å². The fraction of sp³-hybridized carbons (Fsp3) is 0.105. The smallest absolute Gasteiger partial charge is 0.275 e. The van der Waals surface area contributed by atoms with Crippen LogP contribution >= 0.6 is 0 Å². The number of nitrogens with zero attached hydrogens (tertiary/aromatic N) is 2. The number of carbonyl (C=O) groups is 1. The molecule has 0 saturated carbocycles. The molecular weight excluding hydrogens is 357 g/mol. The highest BCUT2D eigenvalue weighted by Gasteiger charge is 2.14. The van der Waals surface area contributed by atoms with Gasteiger partial charge in [-0.1, -0.05) is 6.07 Å². The first-order chi connectivity index (χ1) is 12.8. The van der Waals surface area contributed by atoms with Crippen molar-refractivity contribution in [1.29, 1.82) is 0 Å². The van der Waals surface area contributed by atoms with Gasteiger partial charge in [0, 0.05) is 5.69 Å². The molecule has 0 aliphatic carbocycles. The summed E-state index contributed by atoms with van der Waals surface area (Å²) in [6, 6.07) is 7.45. The van der Waals surface area contributed by atoms with Gasteiger partial charge in [-0.05, 0) is 49.2 Å². The van der Waals surface area contributed by atoms with Crippen LogP contribution in [0.25, 0.3) is 0 Å². The molecule has 3 rings (SSSR count). The van der Waals surface area contributed by atoms with E-state index in [4.69, 9.17) is 0 Å². The number of rotatable bonds is 4. The molecular formula is C19H15F3N4O. The third-order valence-electron chi connectivity index (χ3n) is 3.66. The fourth-order valence-electron chi connectivity index (χ4n) is 2.51. The van der Waals surface area contributed by atoms with Gasteiger partial charge in [-0.25, -0.2) is 23.1 Å². The number of halogens is 3. The third kappa shape index (κ3) is 4.22. The van der Waals surface area contributed by atoms with E-state index in [9.17, 15) is 18.0 Å². The second-order valence-electron chi connectivity index (χ2n) is 5.97. The zero-order chi connectivity index (χ0) is 19.6. The Hall–Kier alpha value is -3.42. The van der Waals surface area contributed by atoms with E-state index < -0.39 is 23.4 Å². The van der Waals surface area contributed by atoms with Gasteiger partial charge in [-0.15, -0.1) is 0 Å². The highest BCUT2D eigenvalue weighted by atomic mass is 19.2. The summed E-state index contributed by atoms with van der Waals surface area (Å²) in [5, 5.41) is 5.20. The van der Waals surface area contributed by atoms with E-state index in [1.165, 1.54) is 12.4 Å². The van der Waals surface area contributed by atoms with E-state index in [1.807, 2.05) is 32.0 Å². The lowest BCUT2D eigenvalue weighted by molar-refractivity contribution is 0.102. The van der Waals surface area contributed by atoms with Crippen molar-refractivity contribution in [1.82, 2.24) is 9.97 Å². The lowest BCUT2D eigenvalue weighted by Gasteiger charge is -2.09. The Kier molecular flexibility index (Phi) is 5.07. The van der Waals surface area contributed by atoms with Gasteiger partial charge >= 0.3 is 0 Å². The van der Waals surface area contributed by atoms with E-state index in [0.717, 1.165) is 23.3 Å². The molecule has 1 aromatic heterocycles. The Bertz CT molecular complexity index is 986. The maximum atomic E-state index is 13.7. The summed E-state index contributed by atoms with van der Waals surface area (Å²) in [6.45, 7) is 3.83. The molecule has 2 N–H and O–H groups in total. The maximum absolute atomic E-state index is 13.7. The SMILES string of the molecule is Cc1cc(C)cc(NC(=O)c2cnc(Nc3ccc(F)c(F)c3F)cn2)c1. The molecule has 8 heteroatoms. The number of aromatic nitrogens is 2. The second-order valence-corrected chi connectivity index (χ2v) is 5.97. The molecule has 0 aliphatic heterocycles. The van der Waals surface area contributed by atoms with Crippen molar-refractivity contribution in [3.63, 3.8) is 0 Å². The molecule has 138 valence electrons. The van der Waals surface area contributed by atoms with Crippen LogP contribution in [0.3, 0.4) is 0 Å². The Morgan fingerprint density at radius 1 is 0.926 bits per heavy atom. The standard InChI is InChI=1S/C19H15F3N4O/c1-10-5-11(2)7-12(6-10)25-19(27)15-8-24-16(9-23-15)26-14-4-3-13(20)17(21)18(14)22/h3-9H,1-2H3,(H,24,26)(H,25,27). The number of hydrogen-bond acceptors (Lipinski definition) is 4. The van der Waals surface area contributed by atoms with Crippen LogP contribution in [-0.2, 0) is 0 Å². The van der Waals surface area contributed by atoms with Crippen LogP contribution in [0.4, 0.5) is 30.4 Å². The average molecular weight is 372 g/mol. The summed E-state index contributed by atoms with van der Waals surface area (Å²) >= 11 is 0. The van der Waals surface area contributed by atoms with Crippen molar-refractivity contribution in [2.75, 3.05) is 10.6 Å². The monoisotopic (exact) mass is 372 g/mol. The Balaban J connectivity index is 1.73. The highest BCUT2D eigenvalue weighted by Crippen LogP contribution is 2.22. The first-order valence-corrected chi connectivity index (χ1v) is 7.95. The normalized spacial score (nSPS) is 10.6. The topological polar surface area (TPSA) is 66.9 Å². The first-order valence-electron chi connectivity index (χ1n) is 7.95. The number of anilines is 3. The van der Waals surface area contributed by atoms with Crippen molar-refractivity contribution < 1.29 is 18.0 Å². The van der Waals surface area contributed by atoms with Crippen LogP contribution < -0.4 is 10.6 Å². The van der Waals surface area contributed by atoms with E-state index in [0.29, 0.717) is 5.69 Å². The number of carbonyl (C=O) groups excluding carboxylic acids is 1. The van der Waals surface area contributed by atoms with E-state index in [1.54, 1.807) is 0 Å². The molecule has 5 nitrogen and oxygen atoms in total. The summed E-state index contributed by atoms with van der Waals surface area (Å²) in [7, 11) is 0. The van der Waals surface area contributed by atoms with Gasteiger partial charge in [0.1, 0.15) is 11.5 Å². The van der Waals surface area contributed by atoms with Crippen molar-refractivity contribution in [3.05, 3.63) is 77.0 Å². The van der Waals surface area contributed by atoms with Gasteiger partial charge in [0.2, 0.25) is 0 Å². The van der Waals surface area contributed by atoms with Gasteiger partial charge in [-0.2, -0.15) is 0 Å². The molecule has 1 amide bonds. The molecule has 0 atom stereocenters. The molecule has 27 heavy (non-hydrogen) atoms. The largest absolute Gasteiger partial charge is 0.336 e. The summed E-state index contributed by atoms with van der Waals surface area (Å²) in [6.07, 6.45) is 2.38. The second kappa shape index (κ2) is 7.45. The van der Waals surface area contributed by atoms with Crippen molar-refractivity contribution in [2.45, 2.75) is 13.8 Å². The summed E-state index contributed by atoms with van der Waals surface area (Å²) in [5.74, 6) is -4.63. The zero-order valence-corrected chi connectivity index (χ0v) is 14.5. The van der Waals surface area contributed by atoms with Crippen LogP contribution in [-0.4, -0.2) is 15.9 Å². The fourth-order valence-corrected chi connectivity index (χ4v) is 2.51. The minimum Gasteiger partial charge on any atom is -0.336 e. The summed E-state index contributed by atoms with van der Waals surface area (Å²) in [5.41, 5.74) is 2.39. The van der Waals surface area contributed by atoms with Crippen molar-refractivity contribution >= 4 is 23.1 Å². The predicted octanol–water partition coefficient (Wildman–Crippen LogP) is 4.51.